The summed E-state index contributed by atoms with van der Waals surface area (Å²) in [7, 11) is 3.10. The molecule has 4 nitrogen and oxygen atoms in total. The standard InChI is InChI=1S/C26H28O4/c1-28-18-22-13-16-25(30-19-21-7-4-3-5-8-21)24(17-22)10-6-9-20-11-14-23(15-12-20)26(27)29-2/h3-5,7-8,11-17H,6,9-10,18-19H2,1-2H3. The van der Waals surface area contributed by atoms with Crippen molar-refractivity contribution in [2.24, 2.45) is 0 Å². The zero-order chi connectivity index (χ0) is 21.2. The quantitative estimate of drug-likeness (QED) is 0.426. The summed E-state index contributed by atoms with van der Waals surface area (Å²) >= 11 is 0. The van der Waals surface area contributed by atoms with Crippen molar-refractivity contribution in [1.29, 1.82) is 0 Å². The molecule has 0 fully saturated rings. The first-order valence-corrected chi connectivity index (χ1v) is 10.1. The van der Waals surface area contributed by atoms with E-state index in [-0.39, 0.29) is 5.97 Å². The number of benzene rings is 3. The van der Waals surface area contributed by atoms with E-state index in [4.69, 9.17) is 14.2 Å². The molecule has 0 amide bonds. The maximum atomic E-state index is 11.6. The monoisotopic (exact) mass is 404 g/mol. The molecule has 0 aliphatic rings. The van der Waals surface area contributed by atoms with E-state index >= 15 is 0 Å². The summed E-state index contributed by atoms with van der Waals surface area (Å²) in [4.78, 5) is 11.6. The van der Waals surface area contributed by atoms with Gasteiger partial charge in [0.2, 0.25) is 0 Å². The first kappa shape index (κ1) is 21.6. The van der Waals surface area contributed by atoms with Gasteiger partial charge in [-0.1, -0.05) is 48.5 Å². The van der Waals surface area contributed by atoms with Gasteiger partial charge in [-0.2, -0.15) is 0 Å². The summed E-state index contributed by atoms with van der Waals surface area (Å²) in [5, 5.41) is 0. The van der Waals surface area contributed by atoms with Crippen molar-refractivity contribution in [3.8, 4) is 5.75 Å². The number of methoxy groups -OCH3 is 2. The lowest BCUT2D eigenvalue weighted by molar-refractivity contribution is 0.0600. The van der Waals surface area contributed by atoms with Gasteiger partial charge in [0, 0.05) is 7.11 Å². The molecule has 0 unspecified atom stereocenters. The normalized spacial score (nSPS) is 10.6. The number of carbonyl (C=O) groups is 1. The third-order valence-electron chi connectivity index (χ3n) is 4.96. The van der Waals surface area contributed by atoms with E-state index in [0.29, 0.717) is 18.8 Å². The van der Waals surface area contributed by atoms with Crippen LogP contribution in [-0.2, 0) is 35.5 Å². The van der Waals surface area contributed by atoms with Crippen molar-refractivity contribution in [2.75, 3.05) is 14.2 Å². The predicted molar refractivity (Wildman–Crippen MR) is 118 cm³/mol. The van der Waals surface area contributed by atoms with Crippen molar-refractivity contribution in [2.45, 2.75) is 32.5 Å². The van der Waals surface area contributed by atoms with Crippen LogP contribution in [0.3, 0.4) is 0 Å². The molecule has 30 heavy (non-hydrogen) atoms. The highest BCUT2D eigenvalue weighted by molar-refractivity contribution is 5.89. The van der Waals surface area contributed by atoms with Gasteiger partial charge < -0.3 is 14.2 Å². The van der Waals surface area contributed by atoms with E-state index in [2.05, 4.69) is 24.3 Å². The predicted octanol–water partition coefficient (Wildman–Crippen LogP) is 5.37. The molecule has 0 spiro atoms. The lowest BCUT2D eigenvalue weighted by Crippen LogP contribution is -2.02. The van der Waals surface area contributed by atoms with Crippen molar-refractivity contribution >= 4 is 5.97 Å². The lowest BCUT2D eigenvalue weighted by atomic mass is 10.0. The minimum Gasteiger partial charge on any atom is -0.489 e. The Balaban J connectivity index is 1.63. The number of carbonyl (C=O) groups excluding carboxylic acids is 1. The average molecular weight is 405 g/mol. The molecule has 0 aliphatic heterocycles. The third kappa shape index (κ3) is 6.19. The number of esters is 1. The summed E-state index contributed by atoms with van der Waals surface area (Å²) in [5.74, 6) is 0.608. The summed E-state index contributed by atoms with van der Waals surface area (Å²) < 4.78 is 16.2. The molecule has 3 aromatic carbocycles. The van der Waals surface area contributed by atoms with E-state index < -0.39 is 0 Å². The average Bonchev–Trinajstić information content (AvgIpc) is 2.79. The summed E-state index contributed by atoms with van der Waals surface area (Å²) in [6, 6.07) is 24.0. The van der Waals surface area contributed by atoms with Crippen LogP contribution in [0.2, 0.25) is 0 Å². The zero-order valence-electron chi connectivity index (χ0n) is 17.6. The van der Waals surface area contributed by atoms with E-state index in [9.17, 15) is 4.79 Å². The van der Waals surface area contributed by atoms with Crippen LogP contribution in [0.1, 0.15) is 39.0 Å². The SMILES string of the molecule is COCc1ccc(OCc2ccccc2)c(CCCc2ccc(C(=O)OC)cc2)c1. The molecule has 3 rings (SSSR count). The molecule has 0 heterocycles. The van der Waals surface area contributed by atoms with E-state index in [1.165, 1.54) is 18.2 Å². The summed E-state index contributed by atoms with van der Waals surface area (Å²) in [6.07, 6.45) is 2.81. The molecule has 4 heteroatoms. The smallest absolute Gasteiger partial charge is 0.337 e. The largest absolute Gasteiger partial charge is 0.489 e. The second-order valence-corrected chi connectivity index (χ2v) is 7.19. The number of hydrogen-bond acceptors (Lipinski definition) is 4. The minimum absolute atomic E-state index is 0.309. The molecule has 0 aromatic heterocycles. The molecule has 0 saturated carbocycles. The van der Waals surface area contributed by atoms with Gasteiger partial charge in [0.25, 0.3) is 0 Å². The van der Waals surface area contributed by atoms with Crippen LogP contribution in [0.5, 0.6) is 5.75 Å². The van der Waals surface area contributed by atoms with Crippen LogP contribution in [0.15, 0.2) is 72.8 Å². The highest BCUT2D eigenvalue weighted by atomic mass is 16.5. The Kier molecular flexibility index (Phi) is 8.04. The number of ether oxygens (including phenoxy) is 3. The first-order chi connectivity index (χ1) is 14.7. The molecule has 0 radical (unpaired) electrons. The van der Waals surface area contributed by atoms with Crippen LogP contribution in [-0.4, -0.2) is 20.2 Å². The van der Waals surface area contributed by atoms with E-state index in [1.807, 2.05) is 48.5 Å². The Bertz CT molecular complexity index is 933. The van der Waals surface area contributed by atoms with E-state index in [0.717, 1.165) is 36.1 Å². The molecule has 156 valence electrons. The summed E-state index contributed by atoms with van der Waals surface area (Å²) in [5.41, 5.74) is 5.25. The van der Waals surface area contributed by atoms with Crippen LogP contribution < -0.4 is 4.74 Å². The molecule has 0 N–H and O–H groups in total. The lowest BCUT2D eigenvalue weighted by Gasteiger charge is -2.14. The van der Waals surface area contributed by atoms with Crippen LogP contribution >= 0.6 is 0 Å². The summed E-state index contributed by atoms with van der Waals surface area (Å²) in [6.45, 7) is 1.13. The zero-order valence-corrected chi connectivity index (χ0v) is 17.6. The fraction of sp³-hybridized carbons (Fsp3) is 0.269. The maximum Gasteiger partial charge on any atom is 0.337 e. The molecular weight excluding hydrogens is 376 g/mol. The molecule has 0 saturated heterocycles. The molecular formula is C26H28O4. The van der Waals surface area contributed by atoms with Crippen LogP contribution in [0.4, 0.5) is 0 Å². The highest BCUT2D eigenvalue weighted by Crippen LogP contribution is 2.24. The minimum atomic E-state index is -0.309. The van der Waals surface area contributed by atoms with Gasteiger partial charge in [0.15, 0.2) is 0 Å². The fourth-order valence-electron chi connectivity index (χ4n) is 3.37. The van der Waals surface area contributed by atoms with Crippen molar-refractivity contribution < 1.29 is 19.0 Å². The molecule has 0 bridgehead atoms. The number of rotatable bonds is 10. The van der Waals surface area contributed by atoms with E-state index in [1.54, 1.807) is 7.11 Å². The van der Waals surface area contributed by atoms with Gasteiger partial charge in [-0.05, 0) is 65.8 Å². The van der Waals surface area contributed by atoms with Crippen molar-refractivity contribution in [3.63, 3.8) is 0 Å². The topological polar surface area (TPSA) is 44.8 Å². The van der Waals surface area contributed by atoms with Gasteiger partial charge in [-0.15, -0.1) is 0 Å². The van der Waals surface area contributed by atoms with Gasteiger partial charge in [-0.3, -0.25) is 0 Å². The van der Waals surface area contributed by atoms with Gasteiger partial charge in [0.05, 0.1) is 19.3 Å². The Hall–Kier alpha value is -3.11. The number of hydrogen-bond donors (Lipinski definition) is 0. The van der Waals surface area contributed by atoms with Gasteiger partial charge >= 0.3 is 5.97 Å². The molecule has 3 aromatic rings. The fourth-order valence-corrected chi connectivity index (χ4v) is 3.37. The second-order valence-electron chi connectivity index (χ2n) is 7.19. The molecule has 0 aliphatic carbocycles. The Morgan fingerprint density at radius 3 is 2.20 bits per heavy atom. The Morgan fingerprint density at radius 1 is 0.767 bits per heavy atom. The van der Waals surface area contributed by atoms with Crippen LogP contribution in [0.25, 0.3) is 0 Å². The third-order valence-corrected chi connectivity index (χ3v) is 4.96. The van der Waals surface area contributed by atoms with Crippen molar-refractivity contribution in [1.82, 2.24) is 0 Å². The van der Waals surface area contributed by atoms with Gasteiger partial charge in [0.1, 0.15) is 12.4 Å². The first-order valence-electron chi connectivity index (χ1n) is 10.1. The second kappa shape index (κ2) is 11.2. The van der Waals surface area contributed by atoms with Gasteiger partial charge in [-0.25, -0.2) is 4.79 Å². The maximum absolute atomic E-state index is 11.6. The highest BCUT2D eigenvalue weighted by Gasteiger charge is 2.08. The number of aryl methyl sites for hydroxylation is 2. The Labute approximate surface area is 178 Å². The van der Waals surface area contributed by atoms with Crippen molar-refractivity contribution in [3.05, 3.63) is 101 Å². The molecule has 0 atom stereocenters. The Morgan fingerprint density at radius 2 is 1.50 bits per heavy atom. The van der Waals surface area contributed by atoms with Crippen LogP contribution in [0, 0.1) is 0 Å².